The van der Waals surface area contributed by atoms with Gasteiger partial charge in [-0.15, -0.1) is 0 Å². The zero-order valence-corrected chi connectivity index (χ0v) is 11.7. The predicted octanol–water partition coefficient (Wildman–Crippen LogP) is 3.11. The molecular formula is C13H17F4N3O. The second-order valence-electron chi connectivity index (χ2n) is 4.64. The SMILES string of the molecule is CCCNc1nccc(C(=O)NC(C)CC(F)(F)F)c1F. The minimum absolute atomic E-state index is 0.0898. The number of hydrogen-bond acceptors (Lipinski definition) is 3. The Labute approximate surface area is 119 Å². The molecule has 1 heterocycles. The molecule has 0 saturated heterocycles. The van der Waals surface area contributed by atoms with Crippen LogP contribution >= 0.6 is 0 Å². The maximum atomic E-state index is 14.0. The number of carbonyl (C=O) groups excluding carboxylic acids is 1. The summed E-state index contributed by atoms with van der Waals surface area (Å²) in [7, 11) is 0. The number of pyridine rings is 1. The molecule has 0 bridgehead atoms. The summed E-state index contributed by atoms with van der Waals surface area (Å²) < 4.78 is 50.6. The third-order valence-electron chi connectivity index (χ3n) is 2.59. The number of nitrogens with one attached hydrogen (secondary N) is 2. The van der Waals surface area contributed by atoms with Gasteiger partial charge in [0.1, 0.15) is 0 Å². The van der Waals surface area contributed by atoms with E-state index in [0.717, 1.165) is 12.5 Å². The number of hydrogen-bond donors (Lipinski definition) is 2. The van der Waals surface area contributed by atoms with E-state index >= 15 is 0 Å². The van der Waals surface area contributed by atoms with Gasteiger partial charge in [-0.1, -0.05) is 6.92 Å². The van der Waals surface area contributed by atoms with Crippen molar-refractivity contribution in [2.24, 2.45) is 0 Å². The number of nitrogens with zero attached hydrogens (tertiary/aromatic N) is 1. The highest BCUT2D eigenvalue weighted by molar-refractivity contribution is 5.95. The number of aromatic nitrogens is 1. The molecule has 0 aliphatic heterocycles. The summed E-state index contributed by atoms with van der Waals surface area (Å²) in [6, 6.07) is -0.0145. The van der Waals surface area contributed by atoms with Crippen molar-refractivity contribution in [1.29, 1.82) is 0 Å². The van der Waals surface area contributed by atoms with Crippen molar-refractivity contribution in [3.63, 3.8) is 0 Å². The topological polar surface area (TPSA) is 54.0 Å². The van der Waals surface area contributed by atoms with Crippen molar-refractivity contribution in [2.75, 3.05) is 11.9 Å². The molecule has 21 heavy (non-hydrogen) atoms. The normalized spacial score (nSPS) is 12.9. The molecular weight excluding hydrogens is 290 g/mol. The Morgan fingerprint density at radius 1 is 1.43 bits per heavy atom. The first-order valence-electron chi connectivity index (χ1n) is 6.50. The van der Waals surface area contributed by atoms with Crippen molar-refractivity contribution in [1.82, 2.24) is 10.3 Å². The number of rotatable bonds is 6. The summed E-state index contributed by atoms with van der Waals surface area (Å²) >= 11 is 0. The third kappa shape index (κ3) is 5.57. The molecule has 0 spiro atoms. The molecule has 4 nitrogen and oxygen atoms in total. The molecule has 1 aromatic heterocycles. The van der Waals surface area contributed by atoms with E-state index in [1.54, 1.807) is 0 Å². The molecule has 1 unspecified atom stereocenters. The second-order valence-corrected chi connectivity index (χ2v) is 4.64. The van der Waals surface area contributed by atoms with Gasteiger partial charge in [0.2, 0.25) is 0 Å². The Kier molecular flexibility index (Phi) is 5.92. The van der Waals surface area contributed by atoms with Crippen molar-refractivity contribution in [3.8, 4) is 0 Å². The highest BCUT2D eigenvalue weighted by Crippen LogP contribution is 2.22. The number of anilines is 1. The monoisotopic (exact) mass is 307 g/mol. The Morgan fingerprint density at radius 3 is 2.67 bits per heavy atom. The first-order valence-corrected chi connectivity index (χ1v) is 6.50. The fourth-order valence-electron chi connectivity index (χ4n) is 1.69. The Balaban J connectivity index is 2.78. The van der Waals surface area contributed by atoms with Gasteiger partial charge < -0.3 is 10.6 Å². The van der Waals surface area contributed by atoms with E-state index in [0.29, 0.717) is 6.54 Å². The van der Waals surface area contributed by atoms with Gasteiger partial charge in [0.25, 0.3) is 5.91 Å². The van der Waals surface area contributed by atoms with Gasteiger partial charge in [0, 0.05) is 18.8 Å². The Bertz CT molecular complexity index is 491. The van der Waals surface area contributed by atoms with E-state index in [2.05, 4.69) is 15.6 Å². The van der Waals surface area contributed by atoms with Crippen molar-refractivity contribution in [2.45, 2.75) is 38.9 Å². The van der Waals surface area contributed by atoms with Crippen LogP contribution in [-0.4, -0.2) is 29.7 Å². The zero-order valence-electron chi connectivity index (χ0n) is 11.7. The van der Waals surface area contributed by atoms with E-state index in [9.17, 15) is 22.4 Å². The van der Waals surface area contributed by atoms with Crippen LogP contribution in [0.25, 0.3) is 0 Å². The Hall–Kier alpha value is -1.86. The molecule has 0 fully saturated rings. The molecule has 1 amide bonds. The molecule has 1 atom stereocenters. The van der Waals surface area contributed by atoms with Gasteiger partial charge in [-0.2, -0.15) is 13.2 Å². The highest BCUT2D eigenvalue weighted by Gasteiger charge is 2.31. The summed E-state index contributed by atoms with van der Waals surface area (Å²) in [5, 5.41) is 4.83. The van der Waals surface area contributed by atoms with Gasteiger partial charge in [-0.25, -0.2) is 9.37 Å². The maximum Gasteiger partial charge on any atom is 0.391 e. The number of amides is 1. The maximum absolute atomic E-state index is 14.0. The smallest absolute Gasteiger partial charge is 0.368 e. The van der Waals surface area contributed by atoms with Crippen LogP contribution in [0.3, 0.4) is 0 Å². The second kappa shape index (κ2) is 7.24. The van der Waals surface area contributed by atoms with Crippen LogP contribution in [0.15, 0.2) is 12.3 Å². The molecule has 1 aromatic rings. The third-order valence-corrected chi connectivity index (χ3v) is 2.59. The van der Waals surface area contributed by atoms with Crippen LogP contribution in [0.2, 0.25) is 0 Å². The average Bonchev–Trinajstić information content (AvgIpc) is 2.35. The van der Waals surface area contributed by atoms with Gasteiger partial charge in [0.15, 0.2) is 11.6 Å². The summed E-state index contributed by atoms with van der Waals surface area (Å²) in [4.78, 5) is 15.6. The molecule has 0 aliphatic rings. The lowest BCUT2D eigenvalue weighted by Gasteiger charge is -2.16. The number of carbonyl (C=O) groups is 1. The average molecular weight is 307 g/mol. The lowest BCUT2D eigenvalue weighted by atomic mass is 10.2. The van der Waals surface area contributed by atoms with E-state index < -0.39 is 30.4 Å². The van der Waals surface area contributed by atoms with E-state index in [-0.39, 0.29) is 11.4 Å². The first-order chi connectivity index (χ1) is 9.74. The molecule has 0 radical (unpaired) electrons. The minimum atomic E-state index is -4.39. The summed E-state index contributed by atoms with van der Waals surface area (Å²) in [6.07, 6.45) is -3.60. The summed E-state index contributed by atoms with van der Waals surface area (Å²) in [6.45, 7) is 3.56. The van der Waals surface area contributed by atoms with Crippen molar-refractivity contribution >= 4 is 11.7 Å². The van der Waals surface area contributed by atoms with E-state index in [1.807, 2.05) is 6.92 Å². The molecule has 1 rings (SSSR count). The van der Waals surface area contributed by atoms with Crippen LogP contribution in [0.1, 0.15) is 37.0 Å². The van der Waals surface area contributed by atoms with Crippen molar-refractivity contribution in [3.05, 3.63) is 23.6 Å². The zero-order chi connectivity index (χ0) is 16.0. The van der Waals surface area contributed by atoms with E-state index in [1.165, 1.54) is 13.1 Å². The molecule has 2 N–H and O–H groups in total. The fraction of sp³-hybridized carbons (Fsp3) is 0.538. The summed E-state index contributed by atoms with van der Waals surface area (Å²) in [5.74, 6) is -1.86. The molecule has 118 valence electrons. The highest BCUT2D eigenvalue weighted by atomic mass is 19.4. The van der Waals surface area contributed by atoms with Gasteiger partial charge in [-0.05, 0) is 19.4 Å². The first kappa shape index (κ1) is 17.2. The Morgan fingerprint density at radius 2 is 2.10 bits per heavy atom. The summed E-state index contributed by atoms with van der Waals surface area (Å²) in [5.41, 5.74) is -0.336. The molecule has 0 aromatic carbocycles. The van der Waals surface area contributed by atoms with Crippen LogP contribution in [0.4, 0.5) is 23.4 Å². The predicted molar refractivity (Wildman–Crippen MR) is 70.6 cm³/mol. The largest absolute Gasteiger partial charge is 0.391 e. The van der Waals surface area contributed by atoms with Gasteiger partial charge in [-0.3, -0.25) is 4.79 Å². The van der Waals surface area contributed by atoms with Crippen LogP contribution in [-0.2, 0) is 0 Å². The van der Waals surface area contributed by atoms with Crippen LogP contribution in [0, 0.1) is 5.82 Å². The van der Waals surface area contributed by atoms with Crippen molar-refractivity contribution < 1.29 is 22.4 Å². The molecule has 0 saturated carbocycles. The molecule has 0 aliphatic carbocycles. The van der Waals surface area contributed by atoms with E-state index in [4.69, 9.17) is 0 Å². The number of alkyl halides is 3. The number of halogens is 4. The standard InChI is InChI=1S/C13H17F4N3O/c1-3-5-18-11-10(14)9(4-6-19-11)12(21)20-8(2)7-13(15,16)17/h4,6,8H,3,5,7H2,1-2H3,(H,18,19)(H,20,21). The lowest BCUT2D eigenvalue weighted by molar-refractivity contribution is -0.138. The lowest BCUT2D eigenvalue weighted by Crippen LogP contribution is -2.36. The van der Waals surface area contributed by atoms with Gasteiger partial charge in [0.05, 0.1) is 12.0 Å². The molecule has 8 heteroatoms. The van der Waals surface area contributed by atoms with Crippen LogP contribution in [0.5, 0.6) is 0 Å². The quantitative estimate of drug-likeness (QED) is 0.794. The van der Waals surface area contributed by atoms with Gasteiger partial charge >= 0.3 is 6.18 Å². The minimum Gasteiger partial charge on any atom is -0.368 e. The van der Waals surface area contributed by atoms with Crippen LogP contribution < -0.4 is 10.6 Å². The fourth-order valence-corrected chi connectivity index (χ4v) is 1.69.